The van der Waals surface area contributed by atoms with Crippen LogP contribution in [0.1, 0.15) is 17.5 Å². The molecule has 5 nitrogen and oxygen atoms in total. The van der Waals surface area contributed by atoms with Crippen molar-refractivity contribution in [2.75, 3.05) is 18.0 Å². The number of sulfonamides is 1. The Bertz CT molecular complexity index is 879. The summed E-state index contributed by atoms with van der Waals surface area (Å²) in [4.78, 5) is 14.2. The van der Waals surface area contributed by atoms with Gasteiger partial charge in [-0.05, 0) is 55.2 Å². The molecule has 1 atom stereocenters. The Kier molecular flexibility index (Phi) is 4.92. The zero-order chi connectivity index (χ0) is 18.0. The predicted octanol–water partition coefficient (Wildman–Crippen LogP) is 2.63. The van der Waals surface area contributed by atoms with Crippen LogP contribution in [0.15, 0.2) is 53.4 Å². The van der Waals surface area contributed by atoms with Crippen LogP contribution in [0.3, 0.4) is 0 Å². The maximum atomic E-state index is 12.5. The van der Waals surface area contributed by atoms with Crippen LogP contribution in [0.5, 0.6) is 0 Å². The van der Waals surface area contributed by atoms with Crippen molar-refractivity contribution in [1.29, 1.82) is 0 Å². The maximum Gasteiger partial charge on any atom is 0.240 e. The van der Waals surface area contributed by atoms with E-state index in [0.29, 0.717) is 13.0 Å². The van der Waals surface area contributed by atoms with E-state index >= 15 is 0 Å². The van der Waals surface area contributed by atoms with Crippen molar-refractivity contribution in [2.45, 2.75) is 25.2 Å². The summed E-state index contributed by atoms with van der Waals surface area (Å²) in [5.74, 6) is -0.00407. The molecule has 0 aromatic heterocycles. The maximum absolute atomic E-state index is 12.5. The van der Waals surface area contributed by atoms with Gasteiger partial charge in [-0.1, -0.05) is 24.3 Å². The van der Waals surface area contributed by atoms with E-state index in [1.165, 1.54) is 0 Å². The lowest BCUT2D eigenvalue weighted by Gasteiger charge is -2.17. The molecule has 6 heteroatoms. The second-order valence-electron chi connectivity index (χ2n) is 6.51. The monoisotopic (exact) mass is 358 g/mol. The predicted molar refractivity (Wildman–Crippen MR) is 98.0 cm³/mol. The molecule has 3 rings (SSSR count). The third kappa shape index (κ3) is 3.91. The van der Waals surface area contributed by atoms with Gasteiger partial charge in [-0.15, -0.1) is 0 Å². The van der Waals surface area contributed by atoms with Crippen LogP contribution in [0.25, 0.3) is 0 Å². The van der Waals surface area contributed by atoms with Gasteiger partial charge < -0.3 is 4.90 Å². The molecule has 1 fully saturated rings. The highest BCUT2D eigenvalue weighted by Crippen LogP contribution is 2.24. The van der Waals surface area contributed by atoms with E-state index in [9.17, 15) is 13.2 Å². The Morgan fingerprint density at radius 2 is 1.80 bits per heavy atom. The largest absolute Gasteiger partial charge is 0.312 e. The molecule has 0 aliphatic carbocycles. The fraction of sp³-hybridized carbons (Fsp3) is 0.316. The van der Waals surface area contributed by atoms with E-state index in [0.717, 1.165) is 16.8 Å². The molecule has 0 bridgehead atoms. The number of rotatable bonds is 5. The molecule has 2 aromatic rings. The highest BCUT2D eigenvalue weighted by atomic mass is 32.2. The fourth-order valence-corrected chi connectivity index (χ4v) is 4.17. The van der Waals surface area contributed by atoms with Gasteiger partial charge in [0.05, 0.1) is 4.90 Å². The number of carbonyl (C=O) groups is 1. The van der Waals surface area contributed by atoms with E-state index in [1.807, 2.05) is 44.2 Å². The molecule has 2 aromatic carbocycles. The van der Waals surface area contributed by atoms with Crippen molar-refractivity contribution in [3.63, 3.8) is 0 Å². The van der Waals surface area contributed by atoms with E-state index in [-0.39, 0.29) is 23.3 Å². The van der Waals surface area contributed by atoms with Crippen LogP contribution in [-0.4, -0.2) is 27.4 Å². The number of para-hydroxylation sites is 1. The minimum absolute atomic E-state index is 0.0292. The second kappa shape index (κ2) is 6.98. The summed E-state index contributed by atoms with van der Waals surface area (Å²) >= 11 is 0. The highest BCUT2D eigenvalue weighted by Gasteiger charge is 2.31. The first-order valence-electron chi connectivity index (χ1n) is 8.29. The standard InChI is InChI=1S/C19H22N2O3S/c1-14-8-9-18(10-15(14)2)25(23,24)20-12-16-11-19(22)21(13-16)17-6-4-3-5-7-17/h3-10,16,20H,11-13H2,1-2H3/t16-/m0/s1. The summed E-state index contributed by atoms with van der Waals surface area (Å²) in [6.45, 7) is 4.62. The molecule has 1 amide bonds. The van der Waals surface area contributed by atoms with Gasteiger partial charge in [0.25, 0.3) is 0 Å². The summed E-state index contributed by atoms with van der Waals surface area (Å²) in [7, 11) is -3.57. The Balaban J connectivity index is 1.65. The minimum Gasteiger partial charge on any atom is -0.312 e. The van der Waals surface area contributed by atoms with Gasteiger partial charge in [-0.3, -0.25) is 4.79 Å². The molecule has 1 aliphatic rings. The number of nitrogens with one attached hydrogen (secondary N) is 1. The third-order valence-electron chi connectivity index (χ3n) is 4.62. The van der Waals surface area contributed by atoms with Crippen LogP contribution in [0, 0.1) is 19.8 Å². The molecule has 25 heavy (non-hydrogen) atoms. The second-order valence-corrected chi connectivity index (χ2v) is 8.27. The smallest absolute Gasteiger partial charge is 0.240 e. The van der Waals surface area contributed by atoms with Crippen molar-refractivity contribution >= 4 is 21.6 Å². The van der Waals surface area contributed by atoms with Crippen molar-refractivity contribution in [3.05, 3.63) is 59.7 Å². The van der Waals surface area contributed by atoms with E-state index in [1.54, 1.807) is 23.1 Å². The van der Waals surface area contributed by atoms with Crippen molar-refractivity contribution in [1.82, 2.24) is 4.72 Å². The topological polar surface area (TPSA) is 66.5 Å². The van der Waals surface area contributed by atoms with Gasteiger partial charge in [0.1, 0.15) is 0 Å². The number of hydrogen-bond acceptors (Lipinski definition) is 3. The zero-order valence-corrected chi connectivity index (χ0v) is 15.2. The van der Waals surface area contributed by atoms with Gasteiger partial charge in [0.2, 0.25) is 15.9 Å². The summed E-state index contributed by atoms with van der Waals surface area (Å²) in [5, 5.41) is 0. The number of hydrogen-bond donors (Lipinski definition) is 1. The lowest BCUT2D eigenvalue weighted by molar-refractivity contribution is -0.117. The van der Waals surface area contributed by atoms with Crippen LogP contribution >= 0.6 is 0 Å². The zero-order valence-electron chi connectivity index (χ0n) is 14.4. The molecule has 0 unspecified atom stereocenters. The highest BCUT2D eigenvalue weighted by molar-refractivity contribution is 7.89. The summed E-state index contributed by atoms with van der Waals surface area (Å²) in [6, 6.07) is 14.5. The van der Waals surface area contributed by atoms with Crippen molar-refractivity contribution < 1.29 is 13.2 Å². The number of benzene rings is 2. The number of anilines is 1. The van der Waals surface area contributed by atoms with E-state index < -0.39 is 10.0 Å². The molecular weight excluding hydrogens is 336 g/mol. The van der Waals surface area contributed by atoms with E-state index in [4.69, 9.17) is 0 Å². The van der Waals surface area contributed by atoms with Gasteiger partial charge in [0.15, 0.2) is 0 Å². The first-order chi connectivity index (χ1) is 11.9. The lowest BCUT2D eigenvalue weighted by Crippen LogP contribution is -2.31. The van der Waals surface area contributed by atoms with Crippen LogP contribution < -0.4 is 9.62 Å². The lowest BCUT2D eigenvalue weighted by atomic mass is 10.1. The summed E-state index contributed by atoms with van der Waals surface area (Å²) < 4.78 is 27.6. The Morgan fingerprint density at radius 3 is 2.48 bits per heavy atom. The summed E-state index contributed by atoms with van der Waals surface area (Å²) in [5.41, 5.74) is 2.85. The molecule has 1 saturated heterocycles. The Hall–Kier alpha value is -2.18. The minimum atomic E-state index is -3.57. The Labute approximate surface area is 148 Å². The average molecular weight is 358 g/mol. The Morgan fingerprint density at radius 1 is 1.08 bits per heavy atom. The fourth-order valence-electron chi connectivity index (χ4n) is 2.97. The average Bonchev–Trinajstić information content (AvgIpc) is 2.97. The van der Waals surface area contributed by atoms with Gasteiger partial charge >= 0.3 is 0 Å². The number of amides is 1. The van der Waals surface area contributed by atoms with Crippen LogP contribution in [0.4, 0.5) is 5.69 Å². The van der Waals surface area contributed by atoms with Crippen LogP contribution in [0.2, 0.25) is 0 Å². The van der Waals surface area contributed by atoms with Crippen molar-refractivity contribution in [3.8, 4) is 0 Å². The molecular formula is C19H22N2O3S. The first-order valence-corrected chi connectivity index (χ1v) is 9.77. The quantitative estimate of drug-likeness (QED) is 0.893. The van der Waals surface area contributed by atoms with Crippen LogP contribution in [-0.2, 0) is 14.8 Å². The molecule has 1 N–H and O–H groups in total. The SMILES string of the molecule is Cc1ccc(S(=O)(=O)NC[C@@H]2CC(=O)N(c3ccccc3)C2)cc1C. The van der Waals surface area contributed by atoms with E-state index in [2.05, 4.69) is 4.72 Å². The first kappa shape index (κ1) is 17.6. The molecule has 0 spiro atoms. The number of aryl methyl sites for hydroxylation is 2. The number of carbonyl (C=O) groups excluding carboxylic acids is 1. The van der Waals surface area contributed by atoms with Gasteiger partial charge in [-0.2, -0.15) is 0 Å². The van der Waals surface area contributed by atoms with Gasteiger partial charge in [-0.25, -0.2) is 13.1 Å². The molecule has 132 valence electrons. The molecule has 0 saturated carbocycles. The van der Waals surface area contributed by atoms with Crippen molar-refractivity contribution in [2.24, 2.45) is 5.92 Å². The third-order valence-corrected chi connectivity index (χ3v) is 6.04. The number of nitrogens with zero attached hydrogens (tertiary/aromatic N) is 1. The normalized spacial score (nSPS) is 17.9. The molecule has 1 heterocycles. The van der Waals surface area contributed by atoms with Gasteiger partial charge in [0, 0.05) is 25.2 Å². The molecule has 1 aliphatic heterocycles. The summed E-state index contributed by atoms with van der Waals surface area (Å²) in [6.07, 6.45) is 0.352. The molecule has 0 radical (unpaired) electrons.